The lowest BCUT2D eigenvalue weighted by Crippen LogP contribution is -2.14. The molecule has 3 heteroatoms. The third-order valence-electron chi connectivity index (χ3n) is 11.7. The van der Waals surface area contributed by atoms with E-state index >= 15 is 0 Å². The van der Waals surface area contributed by atoms with Gasteiger partial charge in [0.05, 0.1) is 11.4 Å². The molecular weight excluding hydrogens is 697 g/mol. The number of rotatable bonds is 5. The second kappa shape index (κ2) is 12.7. The molecule has 0 aliphatic heterocycles. The zero-order chi connectivity index (χ0) is 37.4. The van der Waals surface area contributed by atoms with Gasteiger partial charge in [-0.25, -0.2) is 9.97 Å². The number of hydrogen-bond donors (Lipinski definition) is 0. The van der Waals surface area contributed by atoms with Gasteiger partial charge in [-0.15, -0.1) is 11.3 Å². The summed E-state index contributed by atoms with van der Waals surface area (Å²) in [4.78, 5) is 10.5. The van der Waals surface area contributed by atoms with E-state index in [0.29, 0.717) is 0 Å². The zero-order valence-electron chi connectivity index (χ0n) is 31.1. The predicted molar refractivity (Wildman–Crippen MR) is 237 cm³/mol. The highest BCUT2D eigenvalue weighted by Gasteiger charge is 2.37. The Morgan fingerprint density at radius 2 is 1.02 bits per heavy atom. The highest BCUT2D eigenvalue weighted by atomic mass is 32.1. The summed E-state index contributed by atoms with van der Waals surface area (Å²) in [6.45, 7) is 4.69. The molecule has 264 valence electrons. The molecule has 0 bridgehead atoms. The molecule has 0 radical (unpaired) electrons. The monoisotopic (exact) mass is 732 g/mol. The summed E-state index contributed by atoms with van der Waals surface area (Å²) in [6, 6.07) is 65.9. The predicted octanol–water partition coefficient (Wildman–Crippen LogP) is 14.6. The van der Waals surface area contributed by atoms with E-state index in [0.717, 1.165) is 33.9 Å². The van der Waals surface area contributed by atoms with E-state index < -0.39 is 0 Å². The first-order chi connectivity index (χ1) is 27.5. The second-order valence-corrected chi connectivity index (χ2v) is 16.4. The summed E-state index contributed by atoms with van der Waals surface area (Å²) >= 11 is 1.86. The van der Waals surface area contributed by atoms with E-state index in [1.807, 2.05) is 17.4 Å². The molecule has 0 fully saturated rings. The molecule has 2 nitrogen and oxygen atoms in total. The smallest absolute Gasteiger partial charge is 0.160 e. The Hall–Kier alpha value is -6.68. The van der Waals surface area contributed by atoms with Gasteiger partial charge in [0.15, 0.2) is 5.82 Å². The summed E-state index contributed by atoms with van der Waals surface area (Å²) in [6.07, 6.45) is 0. The van der Waals surface area contributed by atoms with Crippen LogP contribution >= 0.6 is 11.3 Å². The molecule has 2 aromatic heterocycles. The molecule has 56 heavy (non-hydrogen) atoms. The third kappa shape index (κ3) is 5.23. The molecule has 2 heterocycles. The highest BCUT2D eigenvalue weighted by Crippen LogP contribution is 2.53. The number of thiophene rings is 1. The number of aromatic nitrogens is 2. The van der Waals surface area contributed by atoms with Gasteiger partial charge in [-0.2, -0.15) is 0 Å². The SMILES string of the molecule is CC1(C)c2cc3ccccc3cc2-c2c(-c3cc(-c4ccc(-c5ccccc5-c5ccc6sc7ccccc7c6c5)cc4)nc(-c4ccccc4)n3)cccc21. The molecule has 8 aromatic carbocycles. The number of fused-ring (bicyclic) bond motifs is 7. The summed E-state index contributed by atoms with van der Waals surface area (Å²) in [7, 11) is 0. The van der Waals surface area contributed by atoms with Crippen molar-refractivity contribution in [1.29, 1.82) is 0 Å². The quantitative estimate of drug-likeness (QED) is 0.176. The van der Waals surface area contributed by atoms with Crippen LogP contribution in [0.1, 0.15) is 25.0 Å². The largest absolute Gasteiger partial charge is 0.228 e. The Balaban J connectivity index is 1.03. The maximum Gasteiger partial charge on any atom is 0.160 e. The van der Waals surface area contributed by atoms with Gasteiger partial charge in [0.25, 0.3) is 0 Å². The summed E-state index contributed by atoms with van der Waals surface area (Å²) < 4.78 is 2.64. The maximum atomic E-state index is 5.30. The molecule has 10 aromatic rings. The number of hydrogen-bond acceptors (Lipinski definition) is 3. The Kier molecular flexibility index (Phi) is 7.42. The standard InChI is InChI=1S/C53H36N2S/c1-53(2)45-21-12-20-42(51(45)44-29-36-15-6-7-16-37(36)31-46(44)53)48-32-47(54-52(55-48)35-13-4-3-5-14-35)34-25-23-33(24-26-34)39-17-8-9-18-40(39)38-27-28-50-43(30-38)41-19-10-11-22-49(41)56-50/h3-32H,1-2H3. The molecule has 1 aliphatic rings. The van der Waals surface area contributed by atoms with Crippen molar-refractivity contribution in [3.05, 3.63) is 193 Å². The average Bonchev–Trinajstić information content (AvgIpc) is 3.74. The minimum atomic E-state index is -0.141. The van der Waals surface area contributed by atoms with Crippen LogP contribution in [0.4, 0.5) is 0 Å². The fourth-order valence-corrected chi connectivity index (χ4v) is 9.92. The fourth-order valence-electron chi connectivity index (χ4n) is 8.84. The Morgan fingerprint density at radius 3 is 1.84 bits per heavy atom. The normalized spacial score (nSPS) is 13.0. The fraction of sp³-hybridized carbons (Fsp3) is 0.0566. The van der Waals surface area contributed by atoms with Crippen molar-refractivity contribution in [2.45, 2.75) is 19.3 Å². The van der Waals surface area contributed by atoms with Gasteiger partial charge in [0, 0.05) is 42.3 Å². The van der Waals surface area contributed by atoms with Crippen LogP contribution in [0.3, 0.4) is 0 Å². The first-order valence-corrected chi connectivity index (χ1v) is 20.0. The lowest BCUT2D eigenvalue weighted by molar-refractivity contribution is 0.661. The van der Waals surface area contributed by atoms with Gasteiger partial charge in [0.1, 0.15) is 0 Å². The van der Waals surface area contributed by atoms with Gasteiger partial charge in [-0.05, 0) is 91.7 Å². The van der Waals surface area contributed by atoms with Crippen LogP contribution in [0.5, 0.6) is 0 Å². The first kappa shape index (κ1) is 32.7. The molecule has 0 N–H and O–H groups in total. The molecule has 0 amide bonds. The molecule has 1 aliphatic carbocycles. The van der Waals surface area contributed by atoms with Gasteiger partial charge in [-0.1, -0.05) is 159 Å². The van der Waals surface area contributed by atoms with Crippen LogP contribution in [-0.4, -0.2) is 9.97 Å². The summed E-state index contributed by atoms with van der Waals surface area (Å²) in [5.41, 5.74) is 14.9. The Bertz CT molecular complexity index is 3150. The molecule has 0 saturated heterocycles. The molecule has 0 spiro atoms. The van der Waals surface area contributed by atoms with Gasteiger partial charge in [0.2, 0.25) is 0 Å². The Labute approximate surface area is 330 Å². The molecule has 0 saturated carbocycles. The van der Waals surface area contributed by atoms with E-state index in [2.05, 4.69) is 190 Å². The van der Waals surface area contributed by atoms with Crippen molar-refractivity contribution in [1.82, 2.24) is 9.97 Å². The van der Waals surface area contributed by atoms with E-state index in [9.17, 15) is 0 Å². The van der Waals surface area contributed by atoms with Crippen LogP contribution < -0.4 is 0 Å². The summed E-state index contributed by atoms with van der Waals surface area (Å²) in [5, 5.41) is 5.15. The van der Waals surface area contributed by atoms with Crippen molar-refractivity contribution in [3.8, 4) is 67.3 Å². The van der Waals surface area contributed by atoms with Crippen molar-refractivity contribution in [2.75, 3.05) is 0 Å². The van der Waals surface area contributed by atoms with Crippen molar-refractivity contribution >= 4 is 42.3 Å². The van der Waals surface area contributed by atoms with E-state index in [-0.39, 0.29) is 5.41 Å². The minimum absolute atomic E-state index is 0.141. The average molecular weight is 733 g/mol. The summed E-state index contributed by atoms with van der Waals surface area (Å²) in [5.74, 6) is 0.720. The lowest BCUT2D eigenvalue weighted by Gasteiger charge is -2.22. The van der Waals surface area contributed by atoms with E-state index in [4.69, 9.17) is 9.97 Å². The van der Waals surface area contributed by atoms with Crippen LogP contribution in [0, 0.1) is 0 Å². The first-order valence-electron chi connectivity index (χ1n) is 19.2. The van der Waals surface area contributed by atoms with Crippen molar-refractivity contribution in [2.24, 2.45) is 0 Å². The lowest BCUT2D eigenvalue weighted by atomic mass is 9.81. The minimum Gasteiger partial charge on any atom is -0.228 e. The number of nitrogens with zero attached hydrogens (tertiary/aromatic N) is 2. The van der Waals surface area contributed by atoms with E-state index in [1.165, 1.54) is 75.5 Å². The maximum absolute atomic E-state index is 5.30. The van der Waals surface area contributed by atoms with E-state index in [1.54, 1.807) is 0 Å². The van der Waals surface area contributed by atoms with Crippen LogP contribution in [0.2, 0.25) is 0 Å². The third-order valence-corrected chi connectivity index (χ3v) is 12.9. The van der Waals surface area contributed by atoms with Gasteiger partial charge < -0.3 is 0 Å². The van der Waals surface area contributed by atoms with Crippen LogP contribution in [0.15, 0.2) is 182 Å². The topological polar surface area (TPSA) is 25.8 Å². The van der Waals surface area contributed by atoms with Gasteiger partial charge in [-0.3, -0.25) is 0 Å². The zero-order valence-corrected chi connectivity index (χ0v) is 31.9. The highest BCUT2D eigenvalue weighted by molar-refractivity contribution is 7.25. The molecule has 0 atom stereocenters. The van der Waals surface area contributed by atoms with Crippen molar-refractivity contribution in [3.63, 3.8) is 0 Å². The molecule has 11 rings (SSSR count). The number of benzene rings is 8. The van der Waals surface area contributed by atoms with Crippen molar-refractivity contribution < 1.29 is 0 Å². The molecule has 0 unspecified atom stereocenters. The second-order valence-electron chi connectivity index (χ2n) is 15.4. The van der Waals surface area contributed by atoms with Gasteiger partial charge >= 0.3 is 0 Å². The Morgan fingerprint density at radius 1 is 0.393 bits per heavy atom. The van der Waals surface area contributed by atoms with Crippen LogP contribution in [0.25, 0.3) is 98.2 Å². The molecular formula is C53H36N2S. The van der Waals surface area contributed by atoms with Crippen LogP contribution in [-0.2, 0) is 5.41 Å².